The van der Waals surface area contributed by atoms with E-state index < -0.39 is 0 Å². The number of ether oxygens (including phenoxy) is 1. The minimum Gasteiger partial charge on any atom is -0.439 e. The van der Waals surface area contributed by atoms with Gasteiger partial charge in [-0.05, 0) is 88.2 Å². The first-order chi connectivity index (χ1) is 15.7. The predicted octanol–water partition coefficient (Wildman–Crippen LogP) is 5.64. The fraction of sp³-hybridized carbons (Fsp3) is 0.200. The lowest BCUT2D eigenvalue weighted by Crippen LogP contribution is -2.19. The van der Waals surface area contributed by atoms with E-state index in [1.54, 1.807) is 35.0 Å². The Morgan fingerprint density at radius 3 is 2.12 bits per heavy atom. The van der Waals surface area contributed by atoms with Crippen molar-refractivity contribution in [1.29, 1.82) is 0 Å². The Labute approximate surface area is 192 Å². The number of hydrogen-bond acceptors (Lipinski definition) is 5. The highest BCUT2D eigenvalue weighted by molar-refractivity contribution is 5.99. The number of hydrogen-bond donors (Lipinski definition) is 2. The van der Waals surface area contributed by atoms with Crippen LogP contribution in [0.25, 0.3) is 5.82 Å². The van der Waals surface area contributed by atoms with Crippen molar-refractivity contribution in [2.75, 3.05) is 10.6 Å². The molecular formula is C25H26N6O2. The smallest absolute Gasteiger partial charge is 0.323 e. The second kappa shape index (κ2) is 9.12. The zero-order valence-corrected chi connectivity index (χ0v) is 19.3. The highest BCUT2D eigenvalue weighted by Gasteiger charge is 2.10. The zero-order chi connectivity index (χ0) is 23.5. The minimum absolute atomic E-state index is 0.311. The number of rotatable bonds is 5. The molecule has 8 nitrogen and oxygen atoms in total. The molecule has 0 bridgehead atoms. The largest absolute Gasteiger partial charge is 0.439 e. The molecule has 2 aromatic carbocycles. The first kappa shape index (κ1) is 22.0. The van der Waals surface area contributed by atoms with Crippen LogP contribution in [0.1, 0.15) is 28.3 Å². The van der Waals surface area contributed by atoms with Crippen molar-refractivity contribution in [1.82, 2.24) is 19.7 Å². The van der Waals surface area contributed by atoms with Gasteiger partial charge in [-0.2, -0.15) is 10.1 Å². The molecule has 0 fully saturated rings. The van der Waals surface area contributed by atoms with E-state index in [1.165, 1.54) is 0 Å². The van der Waals surface area contributed by atoms with E-state index in [9.17, 15) is 4.79 Å². The van der Waals surface area contributed by atoms with Gasteiger partial charge in [-0.1, -0.05) is 6.07 Å². The molecule has 0 saturated carbocycles. The van der Waals surface area contributed by atoms with Gasteiger partial charge in [0.1, 0.15) is 11.6 Å². The van der Waals surface area contributed by atoms with Crippen molar-refractivity contribution < 1.29 is 9.53 Å². The van der Waals surface area contributed by atoms with Gasteiger partial charge >= 0.3 is 6.03 Å². The summed E-state index contributed by atoms with van der Waals surface area (Å²) >= 11 is 0. The molecule has 0 unspecified atom stereocenters. The molecule has 4 aromatic rings. The average molecular weight is 443 g/mol. The first-order valence-corrected chi connectivity index (χ1v) is 10.6. The third-order valence-corrected chi connectivity index (χ3v) is 4.84. The van der Waals surface area contributed by atoms with E-state index in [-0.39, 0.29) is 6.03 Å². The zero-order valence-electron chi connectivity index (χ0n) is 19.3. The summed E-state index contributed by atoms with van der Waals surface area (Å²) in [5.74, 6) is 2.23. The van der Waals surface area contributed by atoms with Crippen LogP contribution in [0, 0.1) is 34.6 Å². The SMILES string of the molecule is Cc1cc(C)cc(NC(=O)Nc2ccc(Oc3cc(-n4nc(C)cc4C)nc(C)n3)cc2)c1. The van der Waals surface area contributed by atoms with Gasteiger partial charge in [0.05, 0.1) is 5.69 Å². The molecular weight excluding hydrogens is 416 g/mol. The van der Waals surface area contributed by atoms with Crippen LogP contribution in [0.2, 0.25) is 0 Å². The lowest BCUT2D eigenvalue weighted by molar-refractivity contribution is 0.262. The van der Waals surface area contributed by atoms with Crippen LogP contribution in [0.4, 0.5) is 16.2 Å². The van der Waals surface area contributed by atoms with Crippen LogP contribution in [0.15, 0.2) is 54.6 Å². The second-order valence-corrected chi connectivity index (χ2v) is 8.03. The quantitative estimate of drug-likeness (QED) is 0.417. The van der Waals surface area contributed by atoms with E-state index in [0.29, 0.717) is 29.0 Å². The highest BCUT2D eigenvalue weighted by Crippen LogP contribution is 2.24. The first-order valence-electron chi connectivity index (χ1n) is 10.6. The molecule has 2 N–H and O–H groups in total. The fourth-order valence-electron chi connectivity index (χ4n) is 3.61. The van der Waals surface area contributed by atoms with Crippen molar-refractivity contribution in [2.24, 2.45) is 0 Å². The molecule has 0 aliphatic carbocycles. The Balaban J connectivity index is 1.43. The molecule has 8 heteroatoms. The van der Waals surface area contributed by atoms with E-state index in [2.05, 4.69) is 31.8 Å². The van der Waals surface area contributed by atoms with Gasteiger partial charge in [-0.15, -0.1) is 0 Å². The number of urea groups is 1. The molecule has 2 heterocycles. The van der Waals surface area contributed by atoms with E-state index in [1.807, 2.05) is 52.8 Å². The van der Waals surface area contributed by atoms with Crippen molar-refractivity contribution in [3.8, 4) is 17.4 Å². The molecule has 168 valence electrons. The number of nitrogens with zero attached hydrogens (tertiary/aromatic N) is 4. The summed E-state index contributed by atoms with van der Waals surface area (Å²) < 4.78 is 7.69. The Bertz CT molecular complexity index is 1290. The summed E-state index contributed by atoms with van der Waals surface area (Å²) in [4.78, 5) is 21.2. The minimum atomic E-state index is -0.311. The standard InChI is InChI=1S/C25H26N6O2/c1-15-10-16(2)12-21(11-15)29-25(32)28-20-6-8-22(9-7-20)33-24-14-23(26-19(5)27-24)31-18(4)13-17(3)30-31/h6-14H,1-5H3,(H2,28,29,32). The molecule has 0 radical (unpaired) electrons. The van der Waals surface area contributed by atoms with E-state index in [4.69, 9.17) is 4.74 Å². The normalized spacial score (nSPS) is 10.7. The third kappa shape index (κ3) is 5.54. The topological polar surface area (TPSA) is 94.0 Å². The number of carbonyl (C=O) groups is 1. The monoisotopic (exact) mass is 442 g/mol. The van der Waals surface area contributed by atoms with Crippen LogP contribution in [-0.4, -0.2) is 25.8 Å². The van der Waals surface area contributed by atoms with Crippen molar-refractivity contribution >= 4 is 17.4 Å². The van der Waals surface area contributed by atoms with Gasteiger partial charge < -0.3 is 15.4 Å². The van der Waals surface area contributed by atoms with Crippen LogP contribution < -0.4 is 15.4 Å². The number of benzene rings is 2. The number of amides is 2. The summed E-state index contributed by atoms with van der Waals surface area (Å²) in [5, 5.41) is 10.2. The molecule has 0 atom stereocenters. The molecule has 0 saturated heterocycles. The van der Waals surface area contributed by atoms with Gasteiger partial charge in [0.15, 0.2) is 5.82 Å². The van der Waals surface area contributed by atoms with Crippen molar-refractivity contribution in [2.45, 2.75) is 34.6 Å². The molecule has 0 spiro atoms. The van der Waals surface area contributed by atoms with Crippen LogP contribution in [0.3, 0.4) is 0 Å². The Morgan fingerprint density at radius 2 is 1.48 bits per heavy atom. The van der Waals surface area contributed by atoms with Gasteiger partial charge in [0.2, 0.25) is 5.88 Å². The summed E-state index contributed by atoms with van der Waals surface area (Å²) in [6.07, 6.45) is 0. The summed E-state index contributed by atoms with van der Waals surface area (Å²) in [5.41, 5.74) is 5.47. The van der Waals surface area contributed by atoms with Crippen molar-refractivity contribution in [3.63, 3.8) is 0 Å². The molecule has 2 aromatic heterocycles. The highest BCUT2D eigenvalue weighted by atomic mass is 16.5. The Hall–Kier alpha value is -4.20. The van der Waals surface area contributed by atoms with E-state index in [0.717, 1.165) is 28.2 Å². The maximum absolute atomic E-state index is 12.3. The number of carbonyl (C=O) groups excluding carboxylic acids is 1. The summed E-state index contributed by atoms with van der Waals surface area (Å²) in [6, 6.07) is 16.4. The molecule has 4 rings (SSSR count). The van der Waals surface area contributed by atoms with Crippen LogP contribution in [-0.2, 0) is 0 Å². The molecule has 2 amide bonds. The van der Waals surface area contributed by atoms with E-state index >= 15 is 0 Å². The second-order valence-electron chi connectivity index (χ2n) is 8.03. The van der Waals surface area contributed by atoms with Gasteiger partial charge in [-0.3, -0.25) is 0 Å². The molecule has 0 aliphatic rings. The molecule has 0 aliphatic heterocycles. The number of nitrogens with one attached hydrogen (secondary N) is 2. The third-order valence-electron chi connectivity index (χ3n) is 4.84. The lowest BCUT2D eigenvalue weighted by Gasteiger charge is -2.11. The summed E-state index contributed by atoms with van der Waals surface area (Å²) in [7, 11) is 0. The lowest BCUT2D eigenvalue weighted by atomic mass is 10.1. The van der Waals surface area contributed by atoms with Gasteiger partial charge in [0, 0.05) is 23.1 Å². The average Bonchev–Trinajstić information content (AvgIpc) is 3.06. The Morgan fingerprint density at radius 1 is 0.818 bits per heavy atom. The van der Waals surface area contributed by atoms with Crippen molar-refractivity contribution in [3.05, 3.63) is 82.9 Å². The van der Waals surface area contributed by atoms with Crippen LogP contribution in [0.5, 0.6) is 11.6 Å². The fourth-order valence-corrected chi connectivity index (χ4v) is 3.61. The Kier molecular flexibility index (Phi) is 6.08. The van der Waals surface area contributed by atoms with Crippen LogP contribution >= 0.6 is 0 Å². The number of anilines is 2. The summed E-state index contributed by atoms with van der Waals surface area (Å²) in [6.45, 7) is 9.71. The predicted molar refractivity (Wildman–Crippen MR) is 128 cm³/mol. The number of aryl methyl sites for hydroxylation is 5. The van der Waals surface area contributed by atoms with Gasteiger partial charge in [0.25, 0.3) is 0 Å². The number of aromatic nitrogens is 4. The van der Waals surface area contributed by atoms with Gasteiger partial charge in [-0.25, -0.2) is 14.5 Å². The maximum Gasteiger partial charge on any atom is 0.323 e. The molecule has 33 heavy (non-hydrogen) atoms. The maximum atomic E-state index is 12.3.